The molecule has 1 aromatic heterocycles. The fourth-order valence-corrected chi connectivity index (χ4v) is 3.30. The van der Waals surface area contributed by atoms with Gasteiger partial charge in [-0.2, -0.15) is 0 Å². The van der Waals surface area contributed by atoms with Crippen molar-refractivity contribution >= 4 is 17.2 Å². The minimum atomic E-state index is -0.263. The number of amides is 1. The SMILES string of the molecule is Cc1cc(C)c(C(N)CC(C)(C)CC(N)=O)s1. The van der Waals surface area contributed by atoms with Crippen molar-refractivity contribution in [2.24, 2.45) is 16.9 Å². The first-order chi connectivity index (χ1) is 7.71. The molecular formula is C13H22N2OS. The monoisotopic (exact) mass is 254 g/mol. The van der Waals surface area contributed by atoms with Gasteiger partial charge in [0.2, 0.25) is 5.91 Å². The van der Waals surface area contributed by atoms with E-state index in [-0.39, 0.29) is 17.4 Å². The Labute approximate surface area is 107 Å². The lowest BCUT2D eigenvalue weighted by molar-refractivity contribution is -0.120. The van der Waals surface area contributed by atoms with Gasteiger partial charge in [0.25, 0.3) is 0 Å². The van der Waals surface area contributed by atoms with E-state index in [0.717, 1.165) is 6.42 Å². The third kappa shape index (κ3) is 4.13. The first kappa shape index (κ1) is 14.2. The Morgan fingerprint density at radius 1 is 1.47 bits per heavy atom. The van der Waals surface area contributed by atoms with Gasteiger partial charge in [-0.05, 0) is 37.3 Å². The number of thiophene rings is 1. The van der Waals surface area contributed by atoms with Crippen molar-refractivity contribution in [3.63, 3.8) is 0 Å². The molecule has 0 aliphatic rings. The molecule has 1 rings (SSSR count). The van der Waals surface area contributed by atoms with Gasteiger partial charge in [0.15, 0.2) is 0 Å². The molecule has 0 aliphatic heterocycles. The Balaban J connectivity index is 2.75. The van der Waals surface area contributed by atoms with Crippen LogP contribution in [0.2, 0.25) is 0 Å². The first-order valence-corrected chi connectivity index (χ1v) is 6.64. The normalized spacial score (nSPS) is 13.7. The summed E-state index contributed by atoms with van der Waals surface area (Å²) in [5.41, 5.74) is 12.6. The van der Waals surface area contributed by atoms with E-state index in [4.69, 9.17) is 11.5 Å². The smallest absolute Gasteiger partial charge is 0.217 e. The second-order valence-electron chi connectivity index (χ2n) is 5.52. The average molecular weight is 254 g/mol. The van der Waals surface area contributed by atoms with Crippen molar-refractivity contribution in [3.8, 4) is 0 Å². The lowest BCUT2D eigenvalue weighted by Gasteiger charge is -2.26. The van der Waals surface area contributed by atoms with Gasteiger partial charge in [0.05, 0.1) is 0 Å². The van der Waals surface area contributed by atoms with Crippen LogP contribution in [0.1, 0.15) is 48.0 Å². The summed E-state index contributed by atoms with van der Waals surface area (Å²) in [6.45, 7) is 8.24. The number of aryl methyl sites for hydroxylation is 2. The van der Waals surface area contributed by atoms with Crippen LogP contribution in [0.3, 0.4) is 0 Å². The molecule has 0 saturated heterocycles. The molecule has 17 heavy (non-hydrogen) atoms. The van der Waals surface area contributed by atoms with Crippen LogP contribution < -0.4 is 11.5 Å². The molecule has 4 N–H and O–H groups in total. The van der Waals surface area contributed by atoms with Gasteiger partial charge < -0.3 is 11.5 Å². The molecule has 0 aromatic carbocycles. The highest BCUT2D eigenvalue weighted by molar-refractivity contribution is 7.12. The number of primary amides is 1. The lowest BCUT2D eigenvalue weighted by Crippen LogP contribution is -2.26. The molecule has 3 nitrogen and oxygen atoms in total. The van der Waals surface area contributed by atoms with Gasteiger partial charge in [-0.25, -0.2) is 0 Å². The van der Waals surface area contributed by atoms with E-state index in [1.165, 1.54) is 15.3 Å². The Bertz CT molecular complexity index is 410. The van der Waals surface area contributed by atoms with E-state index in [0.29, 0.717) is 6.42 Å². The van der Waals surface area contributed by atoms with E-state index >= 15 is 0 Å². The molecule has 0 radical (unpaired) electrons. The standard InChI is InChI=1S/C13H22N2OS/c1-8-5-9(2)17-12(8)10(14)6-13(3,4)7-11(15)16/h5,10H,6-7,14H2,1-4H3,(H2,15,16). The van der Waals surface area contributed by atoms with Crippen molar-refractivity contribution < 1.29 is 4.79 Å². The van der Waals surface area contributed by atoms with Gasteiger partial charge in [-0.3, -0.25) is 4.79 Å². The minimum absolute atomic E-state index is 0.0111. The summed E-state index contributed by atoms with van der Waals surface area (Å²) >= 11 is 1.74. The maximum atomic E-state index is 11.0. The summed E-state index contributed by atoms with van der Waals surface area (Å²) in [6, 6.07) is 2.14. The Hall–Kier alpha value is -0.870. The number of nitrogens with two attached hydrogens (primary N) is 2. The van der Waals surface area contributed by atoms with Crippen LogP contribution in [-0.2, 0) is 4.79 Å². The van der Waals surface area contributed by atoms with Gasteiger partial charge in [-0.15, -0.1) is 11.3 Å². The van der Waals surface area contributed by atoms with Crippen LogP contribution in [0.4, 0.5) is 0 Å². The van der Waals surface area contributed by atoms with Crippen LogP contribution >= 0.6 is 11.3 Å². The molecule has 1 amide bonds. The molecule has 1 unspecified atom stereocenters. The van der Waals surface area contributed by atoms with Crippen LogP contribution in [0, 0.1) is 19.3 Å². The predicted octanol–water partition coefficient (Wildman–Crippen LogP) is 2.66. The fraction of sp³-hybridized carbons (Fsp3) is 0.615. The summed E-state index contributed by atoms with van der Waals surface area (Å²) in [5, 5.41) is 0. The van der Waals surface area contributed by atoms with E-state index in [2.05, 4.69) is 19.9 Å². The van der Waals surface area contributed by atoms with E-state index in [1.54, 1.807) is 11.3 Å². The highest BCUT2D eigenvalue weighted by atomic mass is 32.1. The van der Waals surface area contributed by atoms with E-state index in [9.17, 15) is 4.79 Å². The molecule has 1 atom stereocenters. The van der Waals surface area contributed by atoms with Crippen LogP contribution in [0.5, 0.6) is 0 Å². The number of hydrogen-bond acceptors (Lipinski definition) is 3. The number of carbonyl (C=O) groups is 1. The van der Waals surface area contributed by atoms with Crippen molar-refractivity contribution in [1.29, 1.82) is 0 Å². The third-order valence-corrected chi connectivity index (χ3v) is 4.13. The molecule has 0 fully saturated rings. The zero-order valence-electron chi connectivity index (χ0n) is 11.0. The van der Waals surface area contributed by atoms with E-state index < -0.39 is 0 Å². The molecule has 0 saturated carbocycles. The van der Waals surface area contributed by atoms with Crippen molar-refractivity contribution in [1.82, 2.24) is 0 Å². The number of carbonyl (C=O) groups excluding carboxylic acids is 1. The van der Waals surface area contributed by atoms with Crippen molar-refractivity contribution in [2.45, 2.75) is 46.6 Å². The average Bonchev–Trinajstić information content (AvgIpc) is 2.41. The summed E-state index contributed by atoms with van der Waals surface area (Å²) in [7, 11) is 0. The zero-order chi connectivity index (χ0) is 13.2. The molecule has 96 valence electrons. The molecule has 0 aliphatic carbocycles. The molecule has 1 heterocycles. The topological polar surface area (TPSA) is 69.1 Å². The maximum absolute atomic E-state index is 11.0. The molecule has 0 bridgehead atoms. The zero-order valence-corrected chi connectivity index (χ0v) is 11.9. The Morgan fingerprint density at radius 2 is 2.06 bits per heavy atom. The first-order valence-electron chi connectivity index (χ1n) is 5.82. The molecule has 4 heteroatoms. The van der Waals surface area contributed by atoms with Gasteiger partial charge in [0, 0.05) is 22.2 Å². The maximum Gasteiger partial charge on any atom is 0.217 e. The van der Waals surface area contributed by atoms with E-state index in [1.807, 2.05) is 13.8 Å². The number of hydrogen-bond donors (Lipinski definition) is 2. The molecule has 0 spiro atoms. The van der Waals surface area contributed by atoms with Crippen molar-refractivity contribution in [2.75, 3.05) is 0 Å². The summed E-state index contributed by atoms with van der Waals surface area (Å²) < 4.78 is 0. The molecular weight excluding hydrogens is 232 g/mol. The summed E-state index contributed by atoms with van der Waals surface area (Å²) in [5.74, 6) is -0.263. The number of rotatable bonds is 5. The predicted molar refractivity (Wildman–Crippen MR) is 72.9 cm³/mol. The molecule has 1 aromatic rings. The second kappa shape index (κ2) is 5.19. The Morgan fingerprint density at radius 3 is 2.47 bits per heavy atom. The second-order valence-corrected chi connectivity index (χ2v) is 6.81. The highest BCUT2D eigenvalue weighted by Crippen LogP contribution is 2.35. The third-order valence-electron chi connectivity index (χ3n) is 2.84. The lowest BCUT2D eigenvalue weighted by atomic mass is 9.82. The summed E-state index contributed by atoms with van der Waals surface area (Å²) in [4.78, 5) is 13.5. The highest BCUT2D eigenvalue weighted by Gasteiger charge is 2.25. The quantitative estimate of drug-likeness (QED) is 0.848. The largest absolute Gasteiger partial charge is 0.370 e. The van der Waals surface area contributed by atoms with Gasteiger partial charge in [0.1, 0.15) is 0 Å². The van der Waals surface area contributed by atoms with Gasteiger partial charge in [-0.1, -0.05) is 13.8 Å². The Kier molecular flexibility index (Phi) is 4.33. The minimum Gasteiger partial charge on any atom is -0.370 e. The van der Waals surface area contributed by atoms with Crippen LogP contribution in [0.25, 0.3) is 0 Å². The van der Waals surface area contributed by atoms with Crippen LogP contribution in [0.15, 0.2) is 6.07 Å². The van der Waals surface area contributed by atoms with Crippen molar-refractivity contribution in [3.05, 3.63) is 21.4 Å². The van der Waals surface area contributed by atoms with Crippen LogP contribution in [-0.4, -0.2) is 5.91 Å². The summed E-state index contributed by atoms with van der Waals surface area (Å²) in [6.07, 6.45) is 1.15. The fourth-order valence-electron chi connectivity index (χ4n) is 2.26. The van der Waals surface area contributed by atoms with Gasteiger partial charge >= 0.3 is 0 Å².